The fourth-order valence-electron chi connectivity index (χ4n) is 1.60. The maximum absolute atomic E-state index is 5.66. The maximum Gasteiger partial charge on any atom is 0.257 e. The van der Waals surface area contributed by atoms with Crippen LogP contribution in [0.15, 0.2) is 16.5 Å². The van der Waals surface area contributed by atoms with E-state index in [1.807, 2.05) is 6.07 Å². The Morgan fingerprint density at radius 1 is 1.33 bits per heavy atom. The average molecular weight is 265 g/mol. The van der Waals surface area contributed by atoms with Crippen molar-refractivity contribution >= 4 is 11.3 Å². The van der Waals surface area contributed by atoms with E-state index in [9.17, 15) is 0 Å². The van der Waals surface area contributed by atoms with Gasteiger partial charge in [0.2, 0.25) is 5.89 Å². The number of hydrogen-bond donors (Lipinski definition) is 1. The zero-order valence-electron chi connectivity index (χ0n) is 11.1. The molecule has 0 aliphatic carbocycles. The normalized spacial score (nSPS) is 11.3. The van der Waals surface area contributed by atoms with Gasteiger partial charge in [-0.05, 0) is 18.6 Å². The molecule has 0 aliphatic heterocycles. The van der Waals surface area contributed by atoms with Crippen molar-refractivity contribution in [2.45, 2.75) is 39.7 Å². The molecule has 0 amide bonds. The topological polar surface area (TPSA) is 51.0 Å². The average Bonchev–Trinajstić information content (AvgIpc) is 2.95. The van der Waals surface area contributed by atoms with E-state index in [2.05, 4.69) is 42.4 Å². The summed E-state index contributed by atoms with van der Waals surface area (Å²) in [5.41, 5.74) is 0. The largest absolute Gasteiger partial charge is 0.420 e. The Bertz CT molecular complexity index is 490. The molecule has 0 spiro atoms. The molecule has 0 bridgehead atoms. The zero-order valence-corrected chi connectivity index (χ0v) is 11.9. The lowest BCUT2D eigenvalue weighted by molar-refractivity contribution is 0.485. The SMILES string of the molecule is CCc1ccc(-c2nnc(CCNC(C)C)o2)s1. The Morgan fingerprint density at radius 2 is 2.17 bits per heavy atom. The summed E-state index contributed by atoms with van der Waals surface area (Å²) in [5, 5.41) is 11.5. The lowest BCUT2D eigenvalue weighted by Gasteiger charge is -2.04. The van der Waals surface area contributed by atoms with E-state index in [1.165, 1.54) is 4.88 Å². The Kier molecular flexibility index (Phi) is 4.49. The van der Waals surface area contributed by atoms with Crippen molar-refractivity contribution < 1.29 is 4.42 Å². The Morgan fingerprint density at radius 3 is 2.83 bits per heavy atom. The fraction of sp³-hybridized carbons (Fsp3) is 0.538. The van der Waals surface area contributed by atoms with Crippen molar-refractivity contribution in [1.82, 2.24) is 15.5 Å². The maximum atomic E-state index is 5.66. The molecule has 5 heteroatoms. The van der Waals surface area contributed by atoms with Crippen LogP contribution in [0.1, 0.15) is 31.5 Å². The van der Waals surface area contributed by atoms with Crippen molar-refractivity contribution in [1.29, 1.82) is 0 Å². The molecule has 0 unspecified atom stereocenters. The highest BCUT2D eigenvalue weighted by Gasteiger charge is 2.10. The highest BCUT2D eigenvalue weighted by atomic mass is 32.1. The second-order valence-electron chi connectivity index (χ2n) is 4.48. The van der Waals surface area contributed by atoms with Gasteiger partial charge in [0.15, 0.2) is 0 Å². The number of nitrogens with one attached hydrogen (secondary N) is 1. The first kappa shape index (κ1) is 13.2. The van der Waals surface area contributed by atoms with E-state index >= 15 is 0 Å². The summed E-state index contributed by atoms with van der Waals surface area (Å²) in [7, 11) is 0. The number of aromatic nitrogens is 2. The molecule has 2 heterocycles. The molecule has 0 atom stereocenters. The quantitative estimate of drug-likeness (QED) is 0.872. The highest BCUT2D eigenvalue weighted by Crippen LogP contribution is 2.27. The van der Waals surface area contributed by atoms with Crippen LogP contribution in [0.25, 0.3) is 10.8 Å². The molecule has 4 nitrogen and oxygen atoms in total. The van der Waals surface area contributed by atoms with Gasteiger partial charge in [-0.15, -0.1) is 21.5 Å². The van der Waals surface area contributed by atoms with Gasteiger partial charge in [0.25, 0.3) is 5.89 Å². The van der Waals surface area contributed by atoms with Crippen molar-refractivity contribution in [3.8, 4) is 10.8 Å². The lowest BCUT2D eigenvalue weighted by Crippen LogP contribution is -2.25. The van der Waals surface area contributed by atoms with Crippen molar-refractivity contribution in [3.63, 3.8) is 0 Å². The number of aryl methyl sites for hydroxylation is 1. The van der Waals surface area contributed by atoms with Crippen LogP contribution in [0, 0.1) is 0 Å². The van der Waals surface area contributed by atoms with Crippen molar-refractivity contribution in [3.05, 3.63) is 22.9 Å². The van der Waals surface area contributed by atoms with Gasteiger partial charge in [-0.2, -0.15) is 0 Å². The lowest BCUT2D eigenvalue weighted by atomic mass is 10.3. The monoisotopic (exact) mass is 265 g/mol. The standard InChI is InChI=1S/C13H19N3OS/c1-4-10-5-6-11(18-10)13-16-15-12(17-13)7-8-14-9(2)3/h5-6,9,14H,4,7-8H2,1-3H3. The number of hydrogen-bond acceptors (Lipinski definition) is 5. The van der Waals surface area contributed by atoms with E-state index in [-0.39, 0.29) is 0 Å². The summed E-state index contributed by atoms with van der Waals surface area (Å²) in [4.78, 5) is 2.40. The Labute approximate surface area is 111 Å². The molecule has 0 saturated heterocycles. The number of thiophene rings is 1. The smallest absolute Gasteiger partial charge is 0.257 e. The molecule has 0 radical (unpaired) electrons. The Balaban J connectivity index is 1.97. The molecule has 1 N–H and O–H groups in total. The third kappa shape index (κ3) is 3.40. The van der Waals surface area contributed by atoms with Crippen LogP contribution >= 0.6 is 11.3 Å². The molecule has 2 rings (SSSR count). The van der Waals surface area contributed by atoms with Gasteiger partial charge in [-0.25, -0.2) is 0 Å². The van der Waals surface area contributed by atoms with Crippen LogP contribution in [0.4, 0.5) is 0 Å². The third-order valence-corrected chi connectivity index (χ3v) is 3.80. The molecule has 0 saturated carbocycles. The van der Waals surface area contributed by atoms with Crippen LogP contribution in [0.5, 0.6) is 0 Å². The van der Waals surface area contributed by atoms with E-state index in [1.54, 1.807) is 11.3 Å². The fourth-order valence-corrected chi connectivity index (χ4v) is 2.47. The van der Waals surface area contributed by atoms with Crippen molar-refractivity contribution in [2.24, 2.45) is 0 Å². The minimum Gasteiger partial charge on any atom is -0.420 e. The van der Waals surface area contributed by atoms with Gasteiger partial charge < -0.3 is 9.73 Å². The number of nitrogens with zero attached hydrogens (tertiary/aromatic N) is 2. The molecule has 0 aliphatic rings. The first-order valence-corrected chi connectivity index (χ1v) is 7.15. The van der Waals surface area contributed by atoms with Gasteiger partial charge in [0, 0.05) is 23.9 Å². The summed E-state index contributed by atoms with van der Waals surface area (Å²) in [6.45, 7) is 7.25. The summed E-state index contributed by atoms with van der Waals surface area (Å²) < 4.78 is 5.66. The van der Waals surface area contributed by atoms with Gasteiger partial charge in [0.05, 0.1) is 4.88 Å². The Hall–Kier alpha value is -1.20. The third-order valence-electron chi connectivity index (χ3n) is 2.58. The van der Waals surface area contributed by atoms with Gasteiger partial charge >= 0.3 is 0 Å². The molecule has 2 aromatic heterocycles. The van der Waals surface area contributed by atoms with Crippen molar-refractivity contribution in [2.75, 3.05) is 6.54 Å². The molecule has 18 heavy (non-hydrogen) atoms. The van der Waals surface area contributed by atoms with Gasteiger partial charge in [0.1, 0.15) is 0 Å². The highest BCUT2D eigenvalue weighted by molar-refractivity contribution is 7.15. The number of rotatable bonds is 6. The second kappa shape index (κ2) is 6.11. The molecular weight excluding hydrogens is 246 g/mol. The zero-order chi connectivity index (χ0) is 13.0. The minimum absolute atomic E-state index is 0.483. The summed E-state index contributed by atoms with van der Waals surface area (Å²) in [6, 6.07) is 4.65. The van der Waals surface area contributed by atoms with E-state index in [4.69, 9.17) is 4.42 Å². The first-order chi connectivity index (χ1) is 8.69. The van der Waals surface area contributed by atoms with E-state index in [0.29, 0.717) is 17.8 Å². The van der Waals surface area contributed by atoms with Crippen LogP contribution < -0.4 is 5.32 Å². The molecule has 98 valence electrons. The molecule has 0 aromatic carbocycles. The predicted octanol–water partition coefficient (Wildman–Crippen LogP) is 2.90. The molecular formula is C13H19N3OS. The van der Waals surface area contributed by atoms with Crippen LogP contribution in [0.2, 0.25) is 0 Å². The van der Waals surface area contributed by atoms with E-state index in [0.717, 1.165) is 24.3 Å². The predicted molar refractivity (Wildman–Crippen MR) is 73.8 cm³/mol. The van der Waals surface area contributed by atoms with Crippen LogP contribution in [-0.4, -0.2) is 22.8 Å². The van der Waals surface area contributed by atoms with Gasteiger partial charge in [-0.3, -0.25) is 0 Å². The summed E-state index contributed by atoms with van der Waals surface area (Å²) in [6.07, 6.45) is 1.82. The second-order valence-corrected chi connectivity index (χ2v) is 5.65. The van der Waals surface area contributed by atoms with Crippen LogP contribution in [-0.2, 0) is 12.8 Å². The molecule has 0 fully saturated rings. The van der Waals surface area contributed by atoms with E-state index < -0.39 is 0 Å². The first-order valence-electron chi connectivity index (χ1n) is 6.34. The summed E-state index contributed by atoms with van der Waals surface area (Å²) >= 11 is 1.72. The summed E-state index contributed by atoms with van der Waals surface area (Å²) in [5.74, 6) is 1.34. The minimum atomic E-state index is 0.483. The van der Waals surface area contributed by atoms with Crippen LogP contribution in [0.3, 0.4) is 0 Å². The molecule has 2 aromatic rings. The van der Waals surface area contributed by atoms with Gasteiger partial charge in [-0.1, -0.05) is 20.8 Å².